The fourth-order valence-electron chi connectivity index (χ4n) is 1.59. The van der Waals surface area contributed by atoms with Crippen LogP contribution in [0.2, 0.25) is 0 Å². The number of hydrogen-bond acceptors (Lipinski definition) is 3. The van der Waals surface area contributed by atoms with Crippen LogP contribution >= 0.6 is 0 Å². The molecule has 1 heterocycles. The van der Waals surface area contributed by atoms with Crippen LogP contribution in [0.15, 0.2) is 24.3 Å². The molecule has 0 aliphatic carbocycles. The Morgan fingerprint density at radius 1 is 1.27 bits per heavy atom. The smallest absolute Gasteiger partial charge is 0.257 e. The predicted octanol–water partition coefficient (Wildman–Crippen LogP) is 0.865. The minimum Gasteiger partial charge on any atom is -0.507 e. The van der Waals surface area contributed by atoms with E-state index >= 15 is 0 Å². The van der Waals surface area contributed by atoms with Gasteiger partial charge in [-0.25, -0.2) is 0 Å². The first-order valence-electron chi connectivity index (χ1n) is 4.94. The summed E-state index contributed by atoms with van der Waals surface area (Å²) in [5.74, 6) is -0.0922. The van der Waals surface area contributed by atoms with Crippen molar-refractivity contribution in [3.05, 3.63) is 29.8 Å². The van der Waals surface area contributed by atoms with Crippen molar-refractivity contribution in [2.24, 2.45) is 0 Å². The topological polar surface area (TPSA) is 49.8 Å². The molecule has 4 nitrogen and oxygen atoms in total. The third kappa shape index (κ3) is 2.10. The highest BCUT2D eigenvalue weighted by atomic mass is 16.5. The first-order valence-corrected chi connectivity index (χ1v) is 4.94. The van der Waals surface area contributed by atoms with Crippen LogP contribution < -0.4 is 0 Å². The van der Waals surface area contributed by atoms with Gasteiger partial charge in [0.25, 0.3) is 5.91 Å². The normalized spacial score (nSPS) is 16.4. The van der Waals surface area contributed by atoms with Crippen LogP contribution in [0.5, 0.6) is 5.75 Å². The van der Waals surface area contributed by atoms with Gasteiger partial charge in [-0.1, -0.05) is 12.1 Å². The summed E-state index contributed by atoms with van der Waals surface area (Å²) in [4.78, 5) is 13.6. The number of hydrogen-bond donors (Lipinski definition) is 1. The molecule has 2 rings (SSSR count). The lowest BCUT2D eigenvalue weighted by Gasteiger charge is -2.27. The molecule has 0 radical (unpaired) electrons. The van der Waals surface area contributed by atoms with E-state index in [0.717, 1.165) is 0 Å². The van der Waals surface area contributed by atoms with Crippen molar-refractivity contribution in [1.82, 2.24) is 4.90 Å². The van der Waals surface area contributed by atoms with Gasteiger partial charge in [0.2, 0.25) is 0 Å². The largest absolute Gasteiger partial charge is 0.507 e. The van der Waals surface area contributed by atoms with Gasteiger partial charge in [0, 0.05) is 13.1 Å². The fraction of sp³-hybridized carbons (Fsp3) is 0.364. The summed E-state index contributed by atoms with van der Waals surface area (Å²) in [7, 11) is 0. The number of aromatic hydroxyl groups is 1. The molecule has 15 heavy (non-hydrogen) atoms. The number of benzene rings is 1. The highest BCUT2D eigenvalue weighted by Gasteiger charge is 2.20. The van der Waals surface area contributed by atoms with Gasteiger partial charge < -0.3 is 14.7 Å². The van der Waals surface area contributed by atoms with E-state index in [0.29, 0.717) is 31.9 Å². The molecule has 1 aliphatic heterocycles. The standard InChI is InChI=1S/C11H13NO3/c13-10-4-2-1-3-9(10)11(14)12-5-7-15-8-6-12/h1-4,13H,5-8H2. The van der Waals surface area contributed by atoms with E-state index < -0.39 is 0 Å². The van der Waals surface area contributed by atoms with Crippen LogP contribution in [0.4, 0.5) is 0 Å². The number of phenolic OH excluding ortho intramolecular Hbond substituents is 1. The molecule has 0 spiro atoms. The first kappa shape index (κ1) is 9.98. The van der Waals surface area contributed by atoms with Crippen molar-refractivity contribution in [3.8, 4) is 5.75 Å². The first-order chi connectivity index (χ1) is 7.29. The van der Waals surface area contributed by atoms with Crippen molar-refractivity contribution in [1.29, 1.82) is 0 Å². The molecule has 1 amide bonds. The fourth-order valence-corrected chi connectivity index (χ4v) is 1.59. The van der Waals surface area contributed by atoms with Gasteiger partial charge in [0.1, 0.15) is 5.75 Å². The number of morpholine rings is 1. The zero-order valence-electron chi connectivity index (χ0n) is 8.35. The Kier molecular flexibility index (Phi) is 2.87. The number of carbonyl (C=O) groups is 1. The molecule has 1 aliphatic rings. The SMILES string of the molecule is O=C(c1ccccc1O)N1CCOCC1. The number of para-hydroxylation sites is 1. The van der Waals surface area contributed by atoms with Crippen molar-refractivity contribution < 1.29 is 14.6 Å². The lowest BCUT2D eigenvalue weighted by atomic mass is 10.1. The number of phenols is 1. The average molecular weight is 207 g/mol. The minimum absolute atomic E-state index is 0.0361. The third-order valence-corrected chi connectivity index (χ3v) is 2.43. The Hall–Kier alpha value is -1.55. The van der Waals surface area contributed by atoms with E-state index in [2.05, 4.69) is 0 Å². The Bertz CT molecular complexity index is 359. The monoisotopic (exact) mass is 207 g/mol. The maximum absolute atomic E-state index is 11.9. The molecule has 1 N–H and O–H groups in total. The average Bonchev–Trinajstić information content (AvgIpc) is 2.30. The number of rotatable bonds is 1. The van der Waals surface area contributed by atoms with E-state index in [1.807, 2.05) is 0 Å². The molecule has 1 saturated heterocycles. The Balaban J connectivity index is 2.16. The number of nitrogens with zero attached hydrogens (tertiary/aromatic N) is 1. The maximum atomic E-state index is 11.9. The Morgan fingerprint density at radius 3 is 2.60 bits per heavy atom. The number of ether oxygens (including phenoxy) is 1. The molecular formula is C11H13NO3. The summed E-state index contributed by atoms with van der Waals surface area (Å²) in [6, 6.07) is 6.60. The van der Waals surface area contributed by atoms with Crippen molar-refractivity contribution >= 4 is 5.91 Å². The van der Waals surface area contributed by atoms with Crippen molar-refractivity contribution in [3.63, 3.8) is 0 Å². The van der Waals surface area contributed by atoms with E-state index in [1.165, 1.54) is 6.07 Å². The maximum Gasteiger partial charge on any atom is 0.257 e. The molecule has 0 bridgehead atoms. The molecule has 1 aromatic rings. The quantitative estimate of drug-likeness (QED) is 0.743. The van der Waals surface area contributed by atoms with Gasteiger partial charge in [-0.15, -0.1) is 0 Å². The summed E-state index contributed by atoms with van der Waals surface area (Å²) >= 11 is 0. The summed E-state index contributed by atoms with van der Waals surface area (Å²) in [5, 5.41) is 9.53. The van der Waals surface area contributed by atoms with E-state index in [9.17, 15) is 9.90 Å². The summed E-state index contributed by atoms with van der Waals surface area (Å²) in [6.45, 7) is 2.32. The van der Waals surface area contributed by atoms with Gasteiger partial charge in [0.05, 0.1) is 18.8 Å². The molecular weight excluding hydrogens is 194 g/mol. The molecule has 0 atom stereocenters. The number of carbonyl (C=O) groups excluding carboxylic acids is 1. The lowest BCUT2D eigenvalue weighted by Crippen LogP contribution is -2.40. The van der Waals surface area contributed by atoms with Crippen LogP contribution in [-0.2, 0) is 4.74 Å². The van der Waals surface area contributed by atoms with Crippen molar-refractivity contribution in [2.45, 2.75) is 0 Å². The van der Waals surface area contributed by atoms with Gasteiger partial charge in [-0.05, 0) is 12.1 Å². The van der Waals surface area contributed by atoms with Crippen LogP contribution in [-0.4, -0.2) is 42.2 Å². The zero-order chi connectivity index (χ0) is 10.7. The van der Waals surface area contributed by atoms with Gasteiger partial charge >= 0.3 is 0 Å². The van der Waals surface area contributed by atoms with Crippen LogP contribution in [0, 0.1) is 0 Å². The third-order valence-electron chi connectivity index (χ3n) is 2.43. The molecule has 0 aromatic heterocycles. The highest BCUT2D eigenvalue weighted by molar-refractivity contribution is 5.96. The molecule has 1 fully saturated rings. The second kappa shape index (κ2) is 4.31. The van der Waals surface area contributed by atoms with Crippen LogP contribution in [0.1, 0.15) is 10.4 Å². The highest BCUT2D eigenvalue weighted by Crippen LogP contribution is 2.18. The van der Waals surface area contributed by atoms with Gasteiger partial charge in [0.15, 0.2) is 0 Å². The molecule has 4 heteroatoms. The molecule has 0 saturated carbocycles. The van der Waals surface area contributed by atoms with Crippen LogP contribution in [0.25, 0.3) is 0 Å². The summed E-state index contributed by atoms with van der Waals surface area (Å²) in [5.41, 5.74) is 0.361. The van der Waals surface area contributed by atoms with E-state index in [1.54, 1.807) is 23.1 Å². The Labute approximate surface area is 88.1 Å². The summed E-state index contributed by atoms with van der Waals surface area (Å²) in [6.07, 6.45) is 0. The second-order valence-corrected chi connectivity index (χ2v) is 3.42. The summed E-state index contributed by atoms with van der Waals surface area (Å²) < 4.78 is 5.16. The van der Waals surface area contributed by atoms with Crippen molar-refractivity contribution in [2.75, 3.05) is 26.3 Å². The van der Waals surface area contributed by atoms with Gasteiger partial charge in [-0.3, -0.25) is 4.79 Å². The molecule has 0 unspecified atom stereocenters. The van der Waals surface area contributed by atoms with E-state index in [4.69, 9.17) is 4.74 Å². The van der Waals surface area contributed by atoms with Crippen LogP contribution in [0.3, 0.4) is 0 Å². The zero-order valence-corrected chi connectivity index (χ0v) is 8.35. The van der Waals surface area contributed by atoms with Gasteiger partial charge in [-0.2, -0.15) is 0 Å². The molecule has 80 valence electrons. The predicted molar refractivity (Wildman–Crippen MR) is 54.8 cm³/mol. The van der Waals surface area contributed by atoms with E-state index in [-0.39, 0.29) is 11.7 Å². The second-order valence-electron chi connectivity index (χ2n) is 3.42. The lowest BCUT2D eigenvalue weighted by molar-refractivity contribution is 0.0301. The Morgan fingerprint density at radius 2 is 1.93 bits per heavy atom. The number of amides is 1. The minimum atomic E-state index is -0.128. The molecule has 1 aromatic carbocycles.